The van der Waals surface area contributed by atoms with Crippen molar-refractivity contribution >= 4 is 0 Å². The van der Waals surface area contributed by atoms with Crippen molar-refractivity contribution in [2.75, 3.05) is 7.11 Å². The lowest BCUT2D eigenvalue weighted by Gasteiger charge is -1.99. The Bertz CT molecular complexity index is 666. The molecule has 5 heteroatoms. The van der Waals surface area contributed by atoms with Gasteiger partial charge in [-0.05, 0) is 41.4 Å². The summed E-state index contributed by atoms with van der Waals surface area (Å²) in [6, 6.07) is 14.0. The van der Waals surface area contributed by atoms with Gasteiger partial charge in [0, 0.05) is 5.56 Å². The Morgan fingerprint density at radius 2 is 1.75 bits per heavy atom. The Labute approximate surface area is 127 Å². The highest BCUT2D eigenvalue weighted by molar-refractivity contribution is 5.57. The summed E-state index contributed by atoms with van der Waals surface area (Å²) < 4.78 is 12.7. The summed E-state index contributed by atoms with van der Waals surface area (Å²) in [6.45, 7) is 0. The topological polar surface area (TPSA) is 39.1 Å². The number of pyridine rings is 1. The molecule has 0 aliphatic rings. The minimum absolute atomic E-state index is 0. The normalized spacial score (nSPS) is 9.85. The lowest BCUT2D eigenvalue weighted by atomic mass is 10.2. The molecule has 3 rings (SSSR count). The number of hydrogen-bond acceptors (Lipinski definition) is 3. The van der Waals surface area contributed by atoms with E-state index in [4.69, 9.17) is 9.15 Å². The van der Waals surface area contributed by atoms with Crippen molar-refractivity contribution in [2.24, 2.45) is 0 Å². The van der Waals surface area contributed by atoms with Crippen molar-refractivity contribution in [3.8, 4) is 23.1 Å². The molecule has 0 atom stereocenters. The van der Waals surface area contributed by atoms with E-state index in [0.717, 1.165) is 17.1 Å². The highest BCUT2D eigenvalue weighted by Crippen LogP contribution is 2.22. The van der Waals surface area contributed by atoms with Gasteiger partial charge in [0.2, 0.25) is 0 Å². The van der Waals surface area contributed by atoms with Crippen LogP contribution in [0.5, 0.6) is 5.75 Å². The van der Waals surface area contributed by atoms with Crippen LogP contribution in [0.3, 0.4) is 0 Å². The molecule has 0 N–H and O–H groups in total. The van der Waals surface area contributed by atoms with Gasteiger partial charge in [-0.3, -0.25) is 0 Å². The van der Waals surface area contributed by atoms with Crippen LogP contribution in [0, 0.1) is 0 Å². The van der Waals surface area contributed by atoms with Gasteiger partial charge < -0.3 is 26.1 Å². The molecular formula is C15H13BrN2O2. The number of nitrogens with zero attached hydrogens (tertiary/aromatic N) is 2. The number of aromatic nitrogens is 2. The van der Waals surface area contributed by atoms with Gasteiger partial charge in [0.25, 0.3) is 0 Å². The molecule has 0 saturated heterocycles. The van der Waals surface area contributed by atoms with Gasteiger partial charge >= 0.3 is 6.01 Å². The summed E-state index contributed by atoms with van der Waals surface area (Å²) in [7, 11) is 1.65. The second-order valence-corrected chi connectivity index (χ2v) is 4.02. The van der Waals surface area contributed by atoms with Crippen LogP contribution in [0.15, 0.2) is 65.5 Å². The first kappa shape index (κ1) is 14.3. The Hall–Kier alpha value is -2.14. The maximum Gasteiger partial charge on any atom is 0.508 e. The first-order chi connectivity index (χ1) is 9.36. The van der Waals surface area contributed by atoms with E-state index in [-0.39, 0.29) is 17.0 Å². The SMILES string of the molecule is COc1ccc(-c2cnc(-[n+]3ccccc3)o2)cc1.[Br-]. The molecule has 0 fully saturated rings. The van der Waals surface area contributed by atoms with Crippen LogP contribution in [0.1, 0.15) is 0 Å². The average molecular weight is 333 g/mol. The van der Waals surface area contributed by atoms with Gasteiger partial charge in [0.15, 0.2) is 12.0 Å². The Morgan fingerprint density at radius 3 is 2.40 bits per heavy atom. The molecule has 0 aliphatic carbocycles. The van der Waals surface area contributed by atoms with E-state index in [0.29, 0.717) is 6.01 Å². The van der Waals surface area contributed by atoms with E-state index >= 15 is 0 Å². The number of oxazole rings is 1. The smallest absolute Gasteiger partial charge is 0.508 e. The number of hydrogen-bond donors (Lipinski definition) is 0. The molecule has 0 bridgehead atoms. The van der Waals surface area contributed by atoms with Crippen molar-refractivity contribution in [3.63, 3.8) is 0 Å². The highest BCUT2D eigenvalue weighted by atomic mass is 79.9. The van der Waals surface area contributed by atoms with Gasteiger partial charge in [-0.2, -0.15) is 4.57 Å². The first-order valence-electron chi connectivity index (χ1n) is 5.94. The summed E-state index contributed by atoms with van der Waals surface area (Å²) in [5.74, 6) is 1.55. The molecule has 2 heterocycles. The molecule has 0 aliphatic heterocycles. The molecule has 1 aromatic carbocycles. The second-order valence-electron chi connectivity index (χ2n) is 4.02. The molecular weight excluding hydrogens is 320 g/mol. The van der Waals surface area contributed by atoms with Crippen LogP contribution in [0.2, 0.25) is 0 Å². The van der Waals surface area contributed by atoms with Crippen LogP contribution < -0.4 is 26.3 Å². The number of halogens is 1. The summed E-state index contributed by atoms with van der Waals surface area (Å²) >= 11 is 0. The maximum absolute atomic E-state index is 5.74. The van der Waals surface area contributed by atoms with Crippen LogP contribution in [0.25, 0.3) is 17.3 Å². The summed E-state index contributed by atoms with van der Waals surface area (Å²) in [4.78, 5) is 4.27. The van der Waals surface area contributed by atoms with E-state index in [1.807, 2.05) is 59.4 Å². The molecule has 3 aromatic rings. The summed E-state index contributed by atoms with van der Waals surface area (Å²) in [5.41, 5.74) is 0.969. The van der Waals surface area contributed by atoms with Gasteiger partial charge in [-0.1, -0.05) is 6.07 Å². The molecule has 0 amide bonds. The van der Waals surface area contributed by atoms with E-state index in [9.17, 15) is 0 Å². The highest BCUT2D eigenvalue weighted by Gasteiger charge is 2.15. The number of benzene rings is 1. The lowest BCUT2D eigenvalue weighted by Crippen LogP contribution is -3.00. The number of rotatable bonds is 3. The molecule has 20 heavy (non-hydrogen) atoms. The summed E-state index contributed by atoms with van der Waals surface area (Å²) in [6.07, 6.45) is 5.50. The van der Waals surface area contributed by atoms with Crippen molar-refractivity contribution < 1.29 is 30.7 Å². The van der Waals surface area contributed by atoms with E-state index < -0.39 is 0 Å². The van der Waals surface area contributed by atoms with Crippen molar-refractivity contribution in [1.29, 1.82) is 0 Å². The van der Waals surface area contributed by atoms with Gasteiger partial charge in [-0.15, -0.1) is 0 Å². The van der Waals surface area contributed by atoms with Crippen molar-refractivity contribution in [3.05, 3.63) is 61.1 Å². The third-order valence-corrected chi connectivity index (χ3v) is 2.80. The van der Waals surface area contributed by atoms with Crippen LogP contribution in [0.4, 0.5) is 0 Å². The fourth-order valence-electron chi connectivity index (χ4n) is 1.80. The third kappa shape index (κ3) is 2.88. The number of methoxy groups -OCH3 is 1. The molecule has 4 nitrogen and oxygen atoms in total. The van der Waals surface area contributed by atoms with Crippen LogP contribution >= 0.6 is 0 Å². The van der Waals surface area contributed by atoms with Crippen LogP contribution in [-0.2, 0) is 0 Å². The van der Waals surface area contributed by atoms with E-state index in [2.05, 4.69) is 4.98 Å². The zero-order valence-electron chi connectivity index (χ0n) is 10.9. The van der Waals surface area contributed by atoms with E-state index in [1.165, 1.54) is 0 Å². The predicted molar refractivity (Wildman–Crippen MR) is 70.0 cm³/mol. The van der Waals surface area contributed by atoms with Crippen molar-refractivity contribution in [1.82, 2.24) is 4.98 Å². The molecule has 102 valence electrons. The Morgan fingerprint density at radius 1 is 1.05 bits per heavy atom. The Kier molecular flexibility index (Phi) is 4.53. The van der Waals surface area contributed by atoms with Gasteiger partial charge in [0.1, 0.15) is 5.75 Å². The summed E-state index contributed by atoms with van der Waals surface area (Å²) in [5, 5.41) is 0. The lowest BCUT2D eigenvalue weighted by molar-refractivity contribution is -0.613. The zero-order valence-corrected chi connectivity index (χ0v) is 12.4. The monoisotopic (exact) mass is 332 g/mol. The zero-order chi connectivity index (χ0) is 13.1. The molecule has 0 unspecified atom stereocenters. The largest absolute Gasteiger partial charge is 1.00 e. The van der Waals surface area contributed by atoms with Crippen molar-refractivity contribution in [2.45, 2.75) is 0 Å². The number of ether oxygens (including phenoxy) is 1. The fraction of sp³-hybridized carbons (Fsp3) is 0.0667. The molecule has 0 radical (unpaired) electrons. The van der Waals surface area contributed by atoms with E-state index in [1.54, 1.807) is 13.3 Å². The second kappa shape index (κ2) is 6.34. The molecule has 2 aromatic heterocycles. The van der Waals surface area contributed by atoms with Crippen LogP contribution in [-0.4, -0.2) is 12.1 Å². The van der Waals surface area contributed by atoms with Gasteiger partial charge in [0.05, 0.1) is 19.5 Å². The minimum atomic E-state index is 0. The predicted octanol–water partition coefficient (Wildman–Crippen LogP) is -0.369. The maximum atomic E-state index is 5.74. The Balaban J connectivity index is 0.00000147. The fourth-order valence-corrected chi connectivity index (χ4v) is 1.80. The molecule has 0 saturated carbocycles. The van der Waals surface area contributed by atoms with Gasteiger partial charge in [-0.25, -0.2) is 0 Å². The standard InChI is InChI=1S/C15H13N2O2.BrH/c1-18-13-7-5-12(6-8-13)14-11-16-15(19-14)17-9-3-2-4-10-17;/h2-11H,1H3;1H/q+1;/p-1. The third-order valence-electron chi connectivity index (χ3n) is 2.80. The molecule has 0 spiro atoms. The average Bonchev–Trinajstić information content (AvgIpc) is 2.98. The first-order valence-corrected chi connectivity index (χ1v) is 5.94. The minimum Gasteiger partial charge on any atom is -1.00 e. The quantitative estimate of drug-likeness (QED) is 0.614.